The number of rotatable bonds is 7. The molecule has 4 atom stereocenters. The lowest BCUT2D eigenvalue weighted by Gasteiger charge is -2.45. The first-order valence-corrected chi connectivity index (χ1v) is 13.5. The molecule has 34 heavy (non-hydrogen) atoms. The Balaban J connectivity index is 1.17. The molecule has 4 unspecified atom stereocenters. The second-order valence-corrected chi connectivity index (χ2v) is 11.4. The van der Waals surface area contributed by atoms with Crippen LogP contribution in [0.1, 0.15) is 70.9 Å². The van der Waals surface area contributed by atoms with Gasteiger partial charge in [-0.2, -0.15) is 0 Å². The molecule has 3 aliphatic rings. The highest BCUT2D eigenvalue weighted by Crippen LogP contribution is 2.38. The van der Waals surface area contributed by atoms with Crippen molar-refractivity contribution in [2.75, 3.05) is 13.1 Å². The van der Waals surface area contributed by atoms with E-state index in [1.807, 2.05) is 0 Å². The zero-order valence-corrected chi connectivity index (χ0v) is 20.8. The van der Waals surface area contributed by atoms with Gasteiger partial charge in [-0.15, -0.1) is 0 Å². The van der Waals surface area contributed by atoms with E-state index in [0.717, 1.165) is 67.7 Å². The number of carboxylic acid groups (broad SMARTS) is 1. The quantitative estimate of drug-likeness (QED) is 0.532. The Morgan fingerprint density at radius 1 is 1.06 bits per heavy atom. The lowest BCUT2D eigenvalue weighted by molar-refractivity contribution is -0.144. The van der Waals surface area contributed by atoms with Crippen LogP contribution in [0.15, 0.2) is 30.3 Å². The summed E-state index contributed by atoms with van der Waals surface area (Å²) in [6.07, 6.45) is 9.34. The molecule has 0 spiro atoms. The number of hydrogen-bond donors (Lipinski definition) is 1. The molecule has 0 amide bonds. The van der Waals surface area contributed by atoms with E-state index in [9.17, 15) is 9.90 Å². The molecule has 5 heteroatoms. The first-order valence-electron chi connectivity index (χ1n) is 13.5. The van der Waals surface area contributed by atoms with Crippen LogP contribution in [0.5, 0.6) is 5.75 Å². The molecule has 5 nitrogen and oxygen atoms in total. The van der Waals surface area contributed by atoms with Crippen molar-refractivity contribution in [3.8, 4) is 5.75 Å². The van der Waals surface area contributed by atoms with E-state index in [4.69, 9.17) is 9.72 Å². The van der Waals surface area contributed by atoms with Gasteiger partial charge in [0.25, 0.3) is 0 Å². The molecule has 1 aromatic heterocycles. The maximum atomic E-state index is 11.4. The average Bonchev–Trinajstić information content (AvgIpc) is 2.81. The zero-order chi connectivity index (χ0) is 23.7. The molecule has 0 bridgehead atoms. The molecule has 1 saturated heterocycles. The van der Waals surface area contributed by atoms with E-state index >= 15 is 0 Å². The Morgan fingerprint density at radius 2 is 1.88 bits per heavy atom. The van der Waals surface area contributed by atoms with E-state index in [2.05, 4.69) is 49.1 Å². The molecule has 2 heterocycles. The Labute approximate surface area is 203 Å². The van der Waals surface area contributed by atoms with Gasteiger partial charge >= 0.3 is 5.97 Å². The highest BCUT2D eigenvalue weighted by Gasteiger charge is 2.37. The van der Waals surface area contributed by atoms with Crippen LogP contribution in [0.3, 0.4) is 0 Å². The third-order valence-electron chi connectivity index (χ3n) is 8.72. The molecule has 1 aromatic carbocycles. The van der Waals surface area contributed by atoms with Crippen molar-refractivity contribution < 1.29 is 14.6 Å². The summed E-state index contributed by atoms with van der Waals surface area (Å²) in [6, 6.07) is 10.7. The number of nitrogens with zero attached hydrogens (tertiary/aromatic N) is 2. The smallest absolute Gasteiger partial charge is 0.306 e. The van der Waals surface area contributed by atoms with E-state index in [1.165, 1.54) is 25.7 Å². The zero-order valence-electron chi connectivity index (χ0n) is 20.8. The Hall–Kier alpha value is -2.14. The van der Waals surface area contributed by atoms with Crippen molar-refractivity contribution in [2.45, 2.75) is 77.9 Å². The van der Waals surface area contributed by atoms with Gasteiger partial charge < -0.3 is 9.84 Å². The van der Waals surface area contributed by atoms with Crippen LogP contribution in [0, 0.1) is 29.6 Å². The molecule has 184 valence electrons. The monoisotopic (exact) mass is 464 g/mol. The predicted molar refractivity (Wildman–Crippen MR) is 135 cm³/mol. The summed E-state index contributed by atoms with van der Waals surface area (Å²) >= 11 is 0. The molecule has 1 aliphatic heterocycles. The third-order valence-corrected chi connectivity index (χ3v) is 8.72. The molecular weight excluding hydrogens is 424 g/mol. The van der Waals surface area contributed by atoms with Crippen LogP contribution in [0.25, 0.3) is 10.9 Å². The summed E-state index contributed by atoms with van der Waals surface area (Å²) < 4.78 is 6.48. The van der Waals surface area contributed by atoms with Gasteiger partial charge in [0.15, 0.2) is 0 Å². The van der Waals surface area contributed by atoms with Gasteiger partial charge in [0.2, 0.25) is 0 Å². The topological polar surface area (TPSA) is 62.7 Å². The summed E-state index contributed by atoms with van der Waals surface area (Å²) in [5, 5.41) is 10.5. The fourth-order valence-electron chi connectivity index (χ4n) is 6.66. The normalized spacial score (nSPS) is 28.7. The largest absolute Gasteiger partial charge is 0.490 e. The standard InChI is InChI=1S/C29H40N2O3/c1-19(2)26-8-3-4-9-28(26)34-25-12-13-27-21(15-25)10-11-24(30-27)18-31-16-23(17-31)20-6-5-7-22(14-20)29(32)33/h10-13,15,19-20,22-23,26,28H,3-9,14,16-18H2,1-2H3,(H,32,33). The second kappa shape index (κ2) is 10.2. The van der Waals surface area contributed by atoms with Crippen LogP contribution in [-0.4, -0.2) is 40.2 Å². The fourth-order valence-corrected chi connectivity index (χ4v) is 6.66. The van der Waals surface area contributed by atoms with Crippen LogP contribution in [-0.2, 0) is 11.3 Å². The van der Waals surface area contributed by atoms with Crippen LogP contribution < -0.4 is 4.74 Å². The summed E-state index contributed by atoms with van der Waals surface area (Å²) in [4.78, 5) is 18.8. The maximum absolute atomic E-state index is 11.4. The predicted octanol–water partition coefficient (Wildman–Crippen LogP) is 6.15. The highest BCUT2D eigenvalue weighted by atomic mass is 16.5. The van der Waals surface area contributed by atoms with Crippen LogP contribution >= 0.6 is 0 Å². The number of hydrogen-bond acceptors (Lipinski definition) is 4. The number of aromatic nitrogens is 1. The van der Waals surface area contributed by atoms with Crippen molar-refractivity contribution in [3.63, 3.8) is 0 Å². The number of carbonyl (C=O) groups is 1. The van der Waals surface area contributed by atoms with E-state index in [-0.39, 0.29) is 5.92 Å². The summed E-state index contributed by atoms with van der Waals surface area (Å²) in [6.45, 7) is 7.66. The van der Waals surface area contributed by atoms with Crippen molar-refractivity contribution in [1.82, 2.24) is 9.88 Å². The van der Waals surface area contributed by atoms with E-state index in [1.54, 1.807) is 0 Å². The minimum Gasteiger partial charge on any atom is -0.490 e. The molecule has 3 fully saturated rings. The van der Waals surface area contributed by atoms with Crippen LogP contribution in [0.2, 0.25) is 0 Å². The number of likely N-dealkylation sites (tertiary alicyclic amines) is 1. The number of aliphatic carboxylic acids is 1. The molecule has 5 rings (SSSR count). The highest BCUT2D eigenvalue weighted by molar-refractivity contribution is 5.80. The average molecular weight is 465 g/mol. The number of carboxylic acids is 1. The first-order chi connectivity index (χ1) is 16.5. The first kappa shape index (κ1) is 23.6. The molecule has 2 aliphatic carbocycles. The van der Waals surface area contributed by atoms with Gasteiger partial charge in [-0.05, 0) is 80.0 Å². The second-order valence-electron chi connectivity index (χ2n) is 11.4. The molecule has 2 saturated carbocycles. The number of ether oxygens (including phenoxy) is 1. The Morgan fingerprint density at radius 3 is 2.68 bits per heavy atom. The molecular formula is C29H40N2O3. The lowest BCUT2D eigenvalue weighted by Crippen LogP contribution is -2.50. The summed E-state index contributed by atoms with van der Waals surface area (Å²) in [5.74, 6) is 2.77. The summed E-state index contributed by atoms with van der Waals surface area (Å²) in [7, 11) is 0. The molecule has 0 radical (unpaired) electrons. The van der Waals surface area contributed by atoms with Crippen molar-refractivity contribution in [2.24, 2.45) is 29.6 Å². The van der Waals surface area contributed by atoms with Gasteiger partial charge in [-0.25, -0.2) is 0 Å². The van der Waals surface area contributed by atoms with E-state index in [0.29, 0.717) is 29.8 Å². The van der Waals surface area contributed by atoms with Crippen molar-refractivity contribution in [1.29, 1.82) is 0 Å². The Bertz CT molecular complexity index is 1000. The number of fused-ring (bicyclic) bond motifs is 1. The van der Waals surface area contributed by atoms with Crippen LogP contribution in [0.4, 0.5) is 0 Å². The van der Waals surface area contributed by atoms with E-state index < -0.39 is 5.97 Å². The minimum absolute atomic E-state index is 0.127. The van der Waals surface area contributed by atoms with Gasteiger partial charge in [0.05, 0.1) is 17.1 Å². The minimum atomic E-state index is -0.603. The molecule has 1 N–H and O–H groups in total. The van der Waals surface area contributed by atoms with Gasteiger partial charge in [-0.1, -0.05) is 39.2 Å². The van der Waals surface area contributed by atoms with Gasteiger partial charge in [-0.3, -0.25) is 14.7 Å². The number of benzene rings is 1. The SMILES string of the molecule is CC(C)C1CCCCC1Oc1ccc2nc(CN3CC(C4CCCC(C(=O)O)C4)C3)ccc2c1. The van der Waals surface area contributed by atoms with Gasteiger partial charge in [0.1, 0.15) is 11.9 Å². The number of pyridine rings is 1. The van der Waals surface area contributed by atoms with Crippen molar-refractivity contribution in [3.05, 3.63) is 36.0 Å². The van der Waals surface area contributed by atoms with Gasteiger partial charge in [0, 0.05) is 25.0 Å². The van der Waals surface area contributed by atoms with Crippen molar-refractivity contribution >= 4 is 16.9 Å². The summed E-state index contributed by atoms with van der Waals surface area (Å²) in [5.41, 5.74) is 2.14. The molecule has 2 aromatic rings. The maximum Gasteiger partial charge on any atom is 0.306 e. The Kier molecular flexibility index (Phi) is 7.10. The lowest BCUT2D eigenvalue weighted by atomic mass is 9.72. The fraction of sp³-hybridized carbons (Fsp3) is 0.655. The third kappa shape index (κ3) is 5.25.